The maximum atomic E-state index is 5.47. The third kappa shape index (κ3) is 4.96. The molecule has 0 unspecified atom stereocenters. The number of nitrogens with one attached hydrogen (secondary N) is 1. The molecule has 1 N–H and O–H groups in total. The van der Waals surface area contributed by atoms with Crippen molar-refractivity contribution in [3.05, 3.63) is 5.82 Å². The number of hydrogen-bond donors (Lipinski definition) is 1. The predicted molar refractivity (Wildman–Crippen MR) is 72.8 cm³/mol. The van der Waals surface area contributed by atoms with Crippen LogP contribution in [-0.2, 0) is 14.9 Å². The van der Waals surface area contributed by atoms with Gasteiger partial charge in [0.15, 0.2) is 17.3 Å². The number of nitrogens with zero attached hydrogens (tertiary/aromatic N) is 2. The van der Waals surface area contributed by atoms with Gasteiger partial charge in [-0.05, 0) is 13.8 Å². The van der Waals surface area contributed by atoms with Crippen molar-refractivity contribution in [2.75, 3.05) is 19.0 Å². The fraction of sp³-hybridized carbons (Fsp3) is 0.833. The summed E-state index contributed by atoms with van der Waals surface area (Å²) in [7, 11) is 0. The van der Waals surface area contributed by atoms with Crippen molar-refractivity contribution < 1.29 is 9.47 Å². The van der Waals surface area contributed by atoms with Crippen LogP contribution in [0.2, 0.25) is 0 Å². The number of thioether (sulfide) groups is 1. The van der Waals surface area contributed by atoms with Gasteiger partial charge in [-0.2, -0.15) is 5.10 Å². The topological polar surface area (TPSA) is 60.0 Å². The number of aromatic amines is 1. The van der Waals surface area contributed by atoms with Crippen LogP contribution in [-0.4, -0.2) is 40.4 Å². The van der Waals surface area contributed by atoms with Crippen LogP contribution in [0.15, 0.2) is 5.16 Å². The summed E-state index contributed by atoms with van der Waals surface area (Å²) >= 11 is 1.57. The van der Waals surface area contributed by atoms with E-state index in [4.69, 9.17) is 9.47 Å². The van der Waals surface area contributed by atoms with E-state index in [2.05, 4.69) is 36.0 Å². The highest BCUT2D eigenvalue weighted by molar-refractivity contribution is 7.99. The fourth-order valence-corrected chi connectivity index (χ4v) is 2.06. The predicted octanol–water partition coefficient (Wildman–Crippen LogP) is 2.59. The molecule has 0 saturated carbocycles. The summed E-state index contributed by atoms with van der Waals surface area (Å²) in [5, 5.41) is 7.97. The van der Waals surface area contributed by atoms with Gasteiger partial charge in [0.05, 0.1) is 5.75 Å². The first kappa shape index (κ1) is 15.5. The molecule has 0 fully saturated rings. The van der Waals surface area contributed by atoms with E-state index in [1.165, 1.54) is 0 Å². The highest BCUT2D eigenvalue weighted by Gasteiger charge is 2.20. The van der Waals surface area contributed by atoms with Gasteiger partial charge in [0.2, 0.25) is 0 Å². The summed E-state index contributed by atoms with van der Waals surface area (Å²) < 4.78 is 10.9. The summed E-state index contributed by atoms with van der Waals surface area (Å²) in [6.45, 7) is 11.5. The second kappa shape index (κ2) is 7.11. The Balaban J connectivity index is 2.49. The molecule has 0 aliphatic carbocycles. The number of ether oxygens (including phenoxy) is 2. The standard InChI is InChI=1S/C12H23N3O2S/c1-6-16-9(17-7-2)8-18-11-13-10(14-15-11)12(3,4)5/h9H,6-8H2,1-5H3,(H,13,14,15). The van der Waals surface area contributed by atoms with Crippen molar-refractivity contribution in [2.24, 2.45) is 0 Å². The van der Waals surface area contributed by atoms with E-state index in [1.807, 2.05) is 13.8 Å². The zero-order valence-corrected chi connectivity index (χ0v) is 12.6. The van der Waals surface area contributed by atoms with Crippen LogP contribution >= 0.6 is 11.8 Å². The lowest BCUT2D eigenvalue weighted by molar-refractivity contribution is -0.120. The van der Waals surface area contributed by atoms with Crippen molar-refractivity contribution >= 4 is 11.8 Å². The van der Waals surface area contributed by atoms with Crippen LogP contribution in [0.5, 0.6) is 0 Å². The van der Waals surface area contributed by atoms with Gasteiger partial charge < -0.3 is 9.47 Å². The number of rotatable bonds is 7. The minimum Gasteiger partial charge on any atom is -0.352 e. The molecule has 0 amide bonds. The van der Waals surface area contributed by atoms with Gasteiger partial charge >= 0.3 is 0 Å². The Hall–Kier alpha value is -0.590. The molecule has 104 valence electrons. The maximum absolute atomic E-state index is 5.47. The second-order valence-electron chi connectivity index (χ2n) is 4.87. The van der Waals surface area contributed by atoms with E-state index < -0.39 is 0 Å². The molecule has 1 aromatic rings. The second-order valence-corrected chi connectivity index (χ2v) is 5.87. The minimum absolute atomic E-state index is 0.0332. The normalized spacial score (nSPS) is 12.3. The molecular weight excluding hydrogens is 250 g/mol. The van der Waals surface area contributed by atoms with E-state index in [0.717, 1.165) is 11.0 Å². The number of aromatic nitrogens is 3. The molecule has 0 spiro atoms. The van der Waals surface area contributed by atoms with Crippen LogP contribution < -0.4 is 0 Å². The monoisotopic (exact) mass is 273 g/mol. The number of H-pyrrole nitrogens is 1. The van der Waals surface area contributed by atoms with E-state index in [1.54, 1.807) is 11.8 Å². The molecule has 1 rings (SSSR count). The lowest BCUT2D eigenvalue weighted by Gasteiger charge is -2.15. The van der Waals surface area contributed by atoms with Crippen LogP contribution in [0.3, 0.4) is 0 Å². The van der Waals surface area contributed by atoms with Gasteiger partial charge in [0, 0.05) is 18.6 Å². The summed E-state index contributed by atoms with van der Waals surface area (Å²) in [6, 6.07) is 0. The van der Waals surface area contributed by atoms with Crippen LogP contribution in [0.1, 0.15) is 40.4 Å². The third-order valence-corrected chi connectivity index (χ3v) is 3.09. The zero-order chi connectivity index (χ0) is 13.6. The first-order valence-electron chi connectivity index (χ1n) is 6.26. The van der Waals surface area contributed by atoms with Crippen molar-refractivity contribution in [3.8, 4) is 0 Å². The third-order valence-electron chi connectivity index (χ3n) is 2.20. The van der Waals surface area contributed by atoms with Crippen LogP contribution in [0, 0.1) is 0 Å². The van der Waals surface area contributed by atoms with Gasteiger partial charge in [-0.1, -0.05) is 32.5 Å². The average Bonchev–Trinajstić information content (AvgIpc) is 2.75. The molecule has 0 radical (unpaired) electrons. The Kier molecular flexibility index (Phi) is 6.11. The van der Waals surface area contributed by atoms with Crippen molar-refractivity contribution in [1.29, 1.82) is 0 Å². The first-order chi connectivity index (χ1) is 8.47. The van der Waals surface area contributed by atoms with Gasteiger partial charge in [-0.25, -0.2) is 4.98 Å². The molecule has 18 heavy (non-hydrogen) atoms. The molecule has 0 aliphatic rings. The quantitative estimate of drug-likeness (QED) is 0.611. The summed E-state index contributed by atoms with van der Waals surface area (Å²) in [6.07, 6.45) is -0.187. The Bertz CT molecular complexity index is 343. The van der Waals surface area contributed by atoms with Crippen molar-refractivity contribution in [3.63, 3.8) is 0 Å². The number of hydrogen-bond acceptors (Lipinski definition) is 5. The van der Waals surface area contributed by atoms with Gasteiger partial charge in [-0.3, -0.25) is 5.10 Å². The van der Waals surface area contributed by atoms with Crippen LogP contribution in [0.25, 0.3) is 0 Å². The fourth-order valence-electron chi connectivity index (χ4n) is 1.31. The van der Waals surface area contributed by atoms with E-state index in [9.17, 15) is 0 Å². The van der Waals surface area contributed by atoms with Gasteiger partial charge in [0.25, 0.3) is 0 Å². The smallest absolute Gasteiger partial charge is 0.183 e. The summed E-state index contributed by atoms with van der Waals surface area (Å²) in [5.74, 6) is 1.54. The molecule has 0 saturated heterocycles. The average molecular weight is 273 g/mol. The van der Waals surface area contributed by atoms with E-state index in [-0.39, 0.29) is 11.7 Å². The minimum atomic E-state index is -0.187. The Labute approximate surface area is 113 Å². The SMILES string of the molecule is CCOC(CSc1nc(C(C)(C)C)n[nH]1)OCC. The lowest BCUT2D eigenvalue weighted by atomic mass is 9.96. The molecule has 0 bridgehead atoms. The van der Waals surface area contributed by atoms with Crippen molar-refractivity contribution in [1.82, 2.24) is 15.2 Å². The Morgan fingerprint density at radius 3 is 2.28 bits per heavy atom. The molecule has 5 nitrogen and oxygen atoms in total. The summed E-state index contributed by atoms with van der Waals surface area (Å²) in [5.41, 5.74) is -0.0332. The Morgan fingerprint density at radius 2 is 1.83 bits per heavy atom. The molecule has 0 aromatic carbocycles. The van der Waals surface area contributed by atoms with E-state index >= 15 is 0 Å². The largest absolute Gasteiger partial charge is 0.352 e. The molecular formula is C12H23N3O2S. The Morgan fingerprint density at radius 1 is 1.22 bits per heavy atom. The highest BCUT2D eigenvalue weighted by Crippen LogP contribution is 2.21. The van der Waals surface area contributed by atoms with Crippen molar-refractivity contribution in [2.45, 2.75) is 51.5 Å². The lowest BCUT2D eigenvalue weighted by Crippen LogP contribution is -2.20. The molecule has 0 aliphatic heterocycles. The van der Waals surface area contributed by atoms with Gasteiger partial charge in [0.1, 0.15) is 0 Å². The molecule has 0 atom stereocenters. The first-order valence-corrected chi connectivity index (χ1v) is 7.24. The molecule has 1 aromatic heterocycles. The summed E-state index contributed by atoms with van der Waals surface area (Å²) in [4.78, 5) is 4.46. The maximum Gasteiger partial charge on any atom is 0.183 e. The molecule has 1 heterocycles. The highest BCUT2D eigenvalue weighted by atomic mass is 32.2. The van der Waals surface area contributed by atoms with Crippen LogP contribution in [0.4, 0.5) is 0 Å². The molecule has 6 heteroatoms. The van der Waals surface area contributed by atoms with E-state index in [0.29, 0.717) is 19.0 Å². The van der Waals surface area contributed by atoms with Gasteiger partial charge in [-0.15, -0.1) is 0 Å². The zero-order valence-electron chi connectivity index (χ0n) is 11.8.